The maximum absolute atomic E-state index is 13.4. The molecule has 0 radical (unpaired) electrons. The normalized spacial score (nSPS) is 16.3. The second-order valence-corrected chi connectivity index (χ2v) is 10.1. The number of benzene rings is 2. The van der Waals surface area contributed by atoms with E-state index in [1.54, 1.807) is 6.82 Å². The van der Waals surface area contributed by atoms with Crippen LogP contribution in [0.3, 0.4) is 0 Å². The molecule has 5 N–H and O–H groups in total. The lowest BCUT2D eigenvalue weighted by atomic mass is 9.81. The molecule has 2 heterocycles. The van der Waals surface area contributed by atoms with Crippen molar-refractivity contribution in [3.05, 3.63) is 71.9 Å². The van der Waals surface area contributed by atoms with E-state index in [1.807, 2.05) is 65.6 Å². The van der Waals surface area contributed by atoms with Crippen molar-refractivity contribution < 1.29 is 19.7 Å². The fourth-order valence-electron chi connectivity index (χ4n) is 5.07. The summed E-state index contributed by atoms with van der Waals surface area (Å²) >= 11 is 0. The lowest BCUT2D eigenvalue weighted by molar-refractivity contribution is -0.132. The Morgan fingerprint density at radius 1 is 1.08 bits per heavy atom. The minimum atomic E-state index is -0.738. The van der Waals surface area contributed by atoms with Crippen LogP contribution in [0.4, 0.5) is 0 Å². The van der Waals surface area contributed by atoms with E-state index in [-0.39, 0.29) is 30.3 Å². The summed E-state index contributed by atoms with van der Waals surface area (Å²) in [6.45, 7) is 3.30. The molecule has 0 aliphatic carbocycles. The Kier molecular flexibility index (Phi) is 9.38. The van der Waals surface area contributed by atoms with E-state index in [0.717, 1.165) is 22.0 Å². The third-order valence-electron chi connectivity index (χ3n) is 7.35. The van der Waals surface area contributed by atoms with E-state index in [4.69, 9.17) is 0 Å². The number of carbonyl (C=O) groups excluding carboxylic acids is 2. The van der Waals surface area contributed by atoms with Gasteiger partial charge in [0, 0.05) is 48.5 Å². The number of aromatic amines is 1. The molecule has 1 unspecified atom stereocenters. The van der Waals surface area contributed by atoms with Gasteiger partial charge in [-0.05, 0) is 56.4 Å². The number of rotatable bonds is 11. The van der Waals surface area contributed by atoms with Crippen LogP contribution in [0.15, 0.2) is 60.8 Å². The second-order valence-electron chi connectivity index (χ2n) is 10.1. The fraction of sp³-hybridized carbons (Fsp3) is 0.429. The van der Waals surface area contributed by atoms with E-state index < -0.39 is 13.1 Å². The third kappa shape index (κ3) is 7.22. The summed E-state index contributed by atoms with van der Waals surface area (Å²) in [5.74, 6) is -0.711. The van der Waals surface area contributed by atoms with Crippen LogP contribution in [0.5, 0.6) is 0 Å². The monoisotopic (exact) mass is 504 g/mol. The van der Waals surface area contributed by atoms with E-state index in [9.17, 15) is 19.7 Å². The molecule has 8 nitrogen and oxygen atoms in total. The van der Waals surface area contributed by atoms with Crippen LogP contribution < -0.4 is 10.6 Å². The SMILES string of the molecule is CB(O)N1CCC(C(=O)NC(Cc2c[nH]c3ccccc23)C(=O)NC[C@@H](CO)Cc2ccccc2)CC1. The molecular formula is C28H37BN4O4. The summed E-state index contributed by atoms with van der Waals surface area (Å²) in [6.07, 6.45) is 4.18. The number of hydrogen-bond donors (Lipinski definition) is 5. The summed E-state index contributed by atoms with van der Waals surface area (Å²) in [7, 11) is -0.528. The molecular weight excluding hydrogens is 467 g/mol. The molecule has 0 bridgehead atoms. The van der Waals surface area contributed by atoms with Crippen LogP contribution in [0, 0.1) is 11.8 Å². The number of nitrogens with zero attached hydrogens (tertiary/aromatic N) is 1. The maximum Gasteiger partial charge on any atom is 0.376 e. The van der Waals surface area contributed by atoms with Gasteiger partial charge in [0.25, 0.3) is 0 Å². The van der Waals surface area contributed by atoms with E-state index in [2.05, 4.69) is 15.6 Å². The lowest BCUT2D eigenvalue weighted by Crippen LogP contribution is -2.52. The Bertz CT molecular complexity index is 1160. The molecule has 37 heavy (non-hydrogen) atoms. The van der Waals surface area contributed by atoms with Gasteiger partial charge in [-0.25, -0.2) is 0 Å². The number of amides is 2. The van der Waals surface area contributed by atoms with Gasteiger partial charge >= 0.3 is 7.05 Å². The molecule has 196 valence electrons. The van der Waals surface area contributed by atoms with Crippen LogP contribution >= 0.6 is 0 Å². The van der Waals surface area contributed by atoms with Crippen LogP contribution in [0.1, 0.15) is 24.0 Å². The Morgan fingerprint density at radius 3 is 2.49 bits per heavy atom. The second kappa shape index (κ2) is 12.9. The molecule has 1 aliphatic heterocycles. The first-order chi connectivity index (χ1) is 17.9. The number of H-pyrrole nitrogens is 1. The zero-order valence-electron chi connectivity index (χ0n) is 21.4. The average Bonchev–Trinajstić information content (AvgIpc) is 3.33. The molecule has 9 heteroatoms. The zero-order valence-corrected chi connectivity index (χ0v) is 21.4. The Labute approximate surface area is 218 Å². The number of piperidine rings is 1. The summed E-state index contributed by atoms with van der Waals surface area (Å²) in [5, 5.41) is 26.7. The summed E-state index contributed by atoms with van der Waals surface area (Å²) in [6, 6.07) is 17.0. The van der Waals surface area contributed by atoms with Crippen molar-refractivity contribution in [2.75, 3.05) is 26.2 Å². The highest BCUT2D eigenvalue weighted by molar-refractivity contribution is 6.45. The third-order valence-corrected chi connectivity index (χ3v) is 7.35. The van der Waals surface area contributed by atoms with Gasteiger partial charge in [-0.15, -0.1) is 0 Å². The summed E-state index contributed by atoms with van der Waals surface area (Å²) in [5.41, 5.74) is 3.04. The van der Waals surface area contributed by atoms with Gasteiger partial charge in [0.2, 0.25) is 11.8 Å². The van der Waals surface area contributed by atoms with Crippen molar-refractivity contribution in [2.24, 2.45) is 11.8 Å². The summed E-state index contributed by atoms with van der Waals surface area (Å²) < 4.78 is 0. The Morgan fingerprint density at radius 2 is 1.78 bits per heavy atom. The highest BCUT2D eigenvalue weighted by Gasteiger charge is 2.31. The van der Waals surface area contributed by atoms with E-state index in [1.165, 1.54) is 0 Å². The highest BCUT2D eigenvalue weighted by Crippen LogP contribution is 2.21. The van der Waals surface area contributed by atoms with Crippen LogP contribution in [-0.4, -0.2) is 71.1 Å². The average molecular weight is 504 g/mol. The van der Waals surface area contributed by atoms with Crippen molar-refractivity contribution in [1.82, 2.24) is 20.4 Å². The predicted octanol–water partition coefficient (Wildman–Crippen LogP) is 1.98. The molecule has 2 atom stereocenters. The van der Waals surface area contributed by atoms with Gasteiger partial charge in [-0.3, -0.25) is 9.59 Å². The van der Waals surface area contributed by atoms with Crippen LogP contribution in [0.2, 0.25) is 6.82 Å². The van der Waals surface area contributed by atoms with Gasteiger partial charge in [0.1, 0.15) is 6.04 Å². The topological polar surface area (TPSA) is 118 Å². The fourth-order valence-corrected chi connectivity index (χ4v) is 5.07. The quantitative estimate of drug-likeness (QED) is 0.256. The van der Waals surface area contributed by atoms with Gasteiger partial charge in [-0.1, -0.05) is 48.5 Å². The molecule has 1 saturated heterocycles. The molecule has 2 aromatic carbocycles. The van der Waals surface area contributed by atoms with Gasteiger partial charge < -0.3 is 30.6 Å². The highest BCUT2D eigenvalue weighted by atomic mass is 16.3. The molecule has 0 saturated carbocycles. The number of aromatic nitrogens is 1. The zero-order chi connectivity index (χ0) is 26.2. The molecule has 0 spiro atoms. The number of aliphatic hydroxyl groups is 1. The number of carbonyl (C=O) groups is 2. The molecule has 1 fully saturated rings. The molecule has 3 aromatic rings. The minimum absolute atomic E-state index is 0.0451. The van der Waals surface area contributed by atoms with Crippen molar-refractivity contribution >= 4 is 29.8 Å². The van der Waals surface area contributed by atoms with Crippen molar-refractivity contribution in [3.63, 3.8) is 0 Å². The van der Waals surface area contributed by atoms with Crippen molar-refractivity contribution in [3.8, 4) is 0 Å². The van der Waals surface area contributed by atoms with Gasteiger partial charge in [0.15, 0.2) is 0 Å². The standard InChI is InChI=1S/C28H37BN4O4/c1-29(37)33-13-11-22(12-14-33)27(35)32-26(16-23-18-30-25-10-6-5-9-24(23)25)28(36)31-17-21(19-34)15-20-7-3-2-4-8-20/h2-10,18,21-22,26,30,34,37H,11-17,19H2,1H3,(H,31,36)(H,32,35)/t21-,26?/m0/s1. The molecule has 1 aliphatic rings. The predicted molar refractivity (Wildman–Crippen MR) is 146 cm³/mol. The van der Waals surface area contributed by atoms with Crippen LogP contribution in [-0.2, 0) is 22.4 Å². The first-order valence-corrected chi connectivity index (χ1v) is 13.1. The van der Waals surface area contributed by atoms with E-state index >= 15 is 0 Å². The first-order valence-electron chi connectivity index (χ1n) is 13.1. The number of nitrogens with one attached hydrogen (secondary N) is 3. The van der Waals surface area contributed by atoms with Crippen molar-refractivity contribution in [2.45, 2.75) is 38.5 Å². The maximum atomic E-state index is 13.4. The molecule has 1 aromatic heterocycles. The molecule has 4 rings (SSSR count). The minimum Gasteiger partial charge on any atom is -0.437 e. The van der Waals surface area contributed by atoms with Crippen LogP contribution in [0.25, 0.3) is 10.9 Å². The summed E-state index contributed by atoms with van der Waals surface area (Å²) in [4.78, 5) is 31.8. The Balaban J connectivity index is 1.43. The number of aliphatic hydroxyl groups excluding tert-OH is 1. The Hall–Kier alpha value is -3.14. The van der Waals surface area contributed by atoms with Crippen molar-refractivity contribution in [1.29, 1.82) is 0 Å². The van der Waals surface area contributed by atoms with Gasteiger partial charge in [0.05, 0.1) is 0 Å². The number of para-hydroxylation sites is 1. The number of fused-ring (bicyclic) bond motifs is 1. The largest absolute Gasteiger partial charge is 0.437 e. The lowest BCUT2D eigenvalue weighted by Gasteiger charge is -2.32. The first kappa shape index (κ1) is 26.9. The smallest absolute Gasteiger partial charge is 0.376 e. The van der Waals surface area contributed by atoms with Gasteiger partial charge in [-0.2, -0.15) is 0 Å². The molecule has 2 amide bonds. The van der Waals surface area contributed by atoms with E-state index in [0.29, 0.717) is 45.3 Å². The number of hydrogen-bond acceptors (Lipinski definition) is 5.